The van der Waals surface area contributed by atoms with Gasteiger partial charge in [-0.25, -0.2) is 4.79 Å². The summed E-state index contributed by atoms with van der Waals surface area (Å²) < 4.78 is 15.4. The van der Waals surface area contributed by atoms with Crippen LogP contribution in [0.5, 0.6) is 5.75 Å². The van der Waals surface area contributed by atoms with Crippen molar-refractivity contribution >= 4 is 29.3 Å². The van der Waals surface area contributed by atoms with E-state index in [2.05, 4.69) is 0 Å². The minimum absolute atomic E-state index is 0.0120. The molecule has 8 nitrogen and oxygen atoms in total. The van der Waals surface area contributed by atoms with Crippen molar-refractivity contribution in [2.45, 2.75) is 26.4 Å². The number of amides is 1. The van der Waals surface area contributed by atoms with Gasteiger partial charge < -0.3 is 19.1 Å². The van der Waals surface area contributed by atoms with Crippen LogP contribution in [0.25, 0.3) is 0 Å². The first kappa shape index (κ1) is 23.0. The number of methoxy groups -OCH3 is 1. The molecule has 1 amide bonds. The molecular weight excluding hydrogens is 414 g/mol. The Morgan fingerprint density at radius 2 is 1.66 bits per heavy atom. The van der Waals surface area contributed by atoms with E-state index < -0.39 is 24.0 Å². The van der Waals surface area contributed by atoms with Crippen LogP contribution in [0.4, 0.5) is 5.69 Å². The van der Waals surface area contributed by atoms with Crippen LogP contribution >= 0.6 is 0 Å². The van der Waals surface area contributed by atoms with Crippen LogP contribution in [0.2, 0.25) is 0 Å². The molecular formula is C24H25NO7. The summed E-state index contributed by atoms with van der Waals surface area (Å²) in [5.74, 6) is -1.67. The third-order valence-corrected chi connectivity index (χ3v) is 5.19. The van der Waals surface area contributed by atoms with Crippen molar-refractivity contribution in [3.05, 3.63) is 59.7 Å². The van der Waals surface area contributed by atoms with Crippen molar-refractivity contribution in [3.8, 4) is 5.75 Å². The van der Waals surface area contributed by atoms with Gasteiger partial charge in [0.2, 0.25) is 11.7 Å². The first-order chi connectivity index (χ1) is 15.3. The van der Waals surface area contributed by atoms with Crippen molar-refractivity contribution in [2.75, 3.05) is 25.2 Å². The van der Waals surface area contributed by atoms with Gasteiger partial charge in [-0.1, -0.05) is 0 Å². The fourth-order valence-electron chi connectivity index (χ4n) is 3.42. The van der Waals surface area contributed by atoms with E-state index in [1.807, 2.05) is 0 Å². The molecule has 0 N–H and O–H groups in total. The molecule has 1 aliphatic heterocycles. The van der Waals surface area contributed by atoms with Gasteiger partial charge in [-0.15, -0.1) is 0 Å². The molecule has 1 saturated heterocycles. The van der Waals surface area contributed by atoms with E-state index in [1.54, 1.807) is 55.5 Å². The van der Waals surface area contributed by atoms with Gasteiger partial charge in [0.15, 0.2) is 6.10 Å². The first-order valence-electron chi connectivity index (χ1n) is 10.3. The third kappa shape index (κ3) is 5.14. The van der Waals surface area contributed by atoms with Crippen LogP contribution in [0.15, 0.2) is 48.5 Å². The van der Waals surface area contributed by atoms with Crippen molar-refractivity contribution < 1.29 is 33.4 Å². The van der Waals surface area contributed by atoms with E-state index in [0.29, 0.717) is 22.6 Å². The Bertz CT molecular complexity index is 998. The predicted molar refractivity (Wildman–Crippen MR) is 116 cm³/mol. The van der Waals surface area contributed by atoms with Crippen LogP contribution in [-0.4, -0.2) is 50.0 Å². The van der Waals surface area contributed by atoms with Gasteiger partial charge in [-0.2, -0.15) is 0 Å². The van der Waals surface area contributed by atoms with E-state index in [0.717, 1.165) is 0 Å². The number of hydrogen-bond acceptors (Lipinski definition) is 7. The third-order valence-electron chi connectivity index (χ3n) is 5.19. The number of benzene rings is 2. The van der Waals surface area contributed by atoms with Crippen LogP contribution in [-0.2, 0) is 19.1 Å². The Balaban J connectivity index is 1.60. The van der Waals surface area contributed by atoms with Gasteiger partial charge in [0.25, 0.3) is 0 Å². The maximum atomic E-state index is 12.6. The Kier molecular flexibility index (Phi) is 7.25. The zero-order chi connectivity index (χ0) is 23.3. The maximum Gasteiger partial charge on any atom is 0.338 e. The van der Waals surface area contributed by atoms with Crippen LogP contribution in [0.1, 0.15) is 41.0 Å². The summed E-state index contributed by atoms with van der Waals surface area (Å²) in [5, 5.41) is 0. The Morgan fingerprint density at radius 3 is 2.25 bits per heavy atom. The minimum atomic E-state index is -0.982. The standard InChI is InChI=1S/C24H25NO7/c1-4-31-23(28)17-5-9-19(10-6-17)25-14-18(13-21(25)26)24(29)32-15(2)22(27)16-7-11-20(30-3)12-8-16/h5-12,15,18H,4,13-14H2,1-3H3/t15-,18-/m1/s1. The molecule has 0 aromatic heterocycles. The van der Waals surface area contributed by atoms with Crippen molar-refractivity contribution in [2.24, 2.45) is 5.92 Å². The van der Waals surface area contributed by atoms with Gasteiger partial charge in [0, 0.05) is 24.2 Å². The maximum absolute atomic E-state index is 12.6. The molecule has 0 saturated carbocycles. The van der Waals surface area contributed by atoms with E-state index in [9.17, 15) is 19.2 Å². The van der Waals surface area contributed by atoms with Gasteiger partial charge in [0.1, 0.15) is 5.75 Å². The summed E-state index contributed by atoms with van der Waals surface area (Å²) in [6.07, 6.45) is -0.994. The number of Topliss-reactive ketones (excluding diaryl/α,β-unsaturated/α-hetero) is 1. The average Bonchev–Trinajstić information content (AvgIpc) is 3.20. The molecule has 1 heterocycles. The number of carbonyl (C=O) groups excluding carboxylic acids is 4. The van der Waals surface area contributed by atoms with Crippen LogP contribution in [0.3, 0.4) is 0 Å². The highest BCUT2D eigenvalue weighted by molar-refractivity contribution is 6.02. The molecule has 1 aliphatic rings. The van der Waals surface area contributed by atoms with E-state index >= 15 is 0 Å². The van der Waals surface area contributed by atoms with E-state index in [4.69, 9.17) is 14.2 Å². The molecule has 0 spiro atoms. The number of anilines is 1. The quantitative estimate of drug-likeness (QED) is 0.460. The summed E-state index contributed by atoms with van der Waals surface area (Å²) in [5.41, 5.74) is 1.35. The summed E-state index contributed by atoms with van der Waals surface area (Å²) in [7, 11) is 1.53. The summed E-state index contributed by atoms with van der Waals surface area (Å²) in [4.78, 5) is 50.8. The highest BCUT2D eigenvalue weighted by Gasteiger charge is 2.37. The molecule has 2 aromatic carbocycles. The van der Waals surface area contributed by atoms with Gasteiger partial charge >= 0.3 is 11.9 Å². The van der Waals surface area contributed by atoms with Crippen molar-refractivity contribution in [1.82, 2.24) is 0 Å². The zero-order valence-electron chi connectivity index (χ0n) is 18.2. The number of ketones is 1. The second-order valence-corrected chi connectivity index (χ2v) is 7.34. The topological polar surface area (TPSA) is 99.2 Å². The largest absolute Gasteiger partial charge is 0.497 e. The SMILES string of the molecule is CCOC(=O)c1ccc(N2C[C@H](C(=O)O[C@H](C)C(=O)c3ccc(OC)cc3)CC2=O)cc1. The molecule has 0 unspecified atom stereocenters. The smallest absolute Gasteiger partial charge is 0.338 e. The first-order valence-corrected chi connectivity index (χ1v) is 10.3. The Morgan fingerprint density at radius 1 is 1.03 bits per heavy atom. The van der Waals surface area contributed by atoms with E-state index in [1.165, 1.54) is 18.9 Å². The number of hydrogen-bond donors (Lipinski definition) is 0. The number of rotatable bonds is 8. The average molecular weight is 439 g/mol. The van der Waals surface area contributed by atoms with Gasteiger partial charge in [0.05, 0.1) is 25.2 Å². The Hall–Kier alpha value is -3.68. The van der Waals surface area contributed by atoms with Crippen molar-refractivity contribution in [1.29, 1.82) is 0 Å². The highest BCUT2D eigenvalue weighted by Crippen LogP contribution is 2.27. The predicted octanol–water partition coefficient (Wildman–Crippen LogP) is 3.04. The van der Waals surface area contributed by atoms with Crippen molar-refractivity contribution in [3.63, 3.8) is 0 Å². The molecule has 3 rings (SSSR count). The lowest BCUT2D eigenvalue weighted by Gasteiger charge is -2.18. The lowest BCUT2D eigenvalue weighted by molar-refractivity contribution is -0.151. The monoisotopic (exact) mass is 439 g/mol. The van der Waals surface area contributed by atoms with E-state index in [-0.39, 0.29) is 31.3 Å². The lowest BCUT2D eigenvalue weighted by Crippen LogP contribution is -2.30. The summed E-state index contributed by atoms with van der Waals surface area (Å²) in [6.45, 7) is 3.64. The minimum Gasteiger partial charge on any atom is -0.497 e. The Labute approximate surface area is 186 Å². The van der Waals surface area contributed by atoms with Gasteiger partial charge in [-0.05, 0) is 62.4 Å². The lowest BCUT2D eigenvalue weighted by atomic mass is 10.1. The number of esters is 2. The van der Waals surface area contributed by atoms with Crippen LogP contribution < -0.4 is 9.64 Å². The second-order valence-electron chi connectivity index (χ2n) is 7.34. The summed E-state index contributed by atoms with van der Waals surface area (Å²) in [6, 6.07) is 12.9. The van der Waals surface area contributed by atoms with Crippen LogP contribution in [0, 0.1) is 5.92 Å². The number of nitrogens with zero attached hydrogens (tertiary/aromatic N) is 1. The summed E-state index contributed by atoms with van der Waals surface area (Å²) >= 11 is 0. The molecule has 8 heteroatoms. The second kappa shape index (κ2) is 10.1. The molecule has 0 aliphatic carbocycles. The molecule has 168 valence electrons. The molecule has 2 aromatic rings. The highest BCUT2D eigenvalue weighted by atomic mass is 16.5. The van der Waals surface area contributed by atoms with Gasteiger partial charge in [-0.3, -0.25) is 14.4 Å². The normalized spacial score (nSPS) is 16.4. The number of carbonyl (C=O) groups is 4. The fourth-order valence-corrected chi connectivity index (χ4v) is 3.42. The molecule has 1 fully saturated rings. The molecule has 32 heavy (non-hydrogen) atoms. The zero-order valence-corrected chi connectivity index (χ0v) is 18.2. The molecule has 2 atom stereocenters. The molecule has 0 bridgehead atoms. The number of ether oxygens (including phenoxy) is 3. The molecule has 0 radical (unpaired) electrons. The fraction of sp³-hybridized carbons (Fsp3) is 0.333.